The second kappa shape index (κ2) is 4.77. The first kappa shape index (κ1) is 11.3. The van der Waals surface area contributed by atoms with E-state index in [1.165, 1.54) is 31.4 Å². The number of thioether (sulfide) groups is 1. The molecule has 0 bridgehead atoms. The highest BCUT2D eigenvalue weighted by Crippen LogP contribution is 2.31. The van der Waals surface area contributed by atoms with Crippen molar-refractivity contribution in [2.45, 2.75) is 63.3 Å². The van der Waals surface area contributed by atoms with Gasteiger partial charge in [-0.2, -0.15) is 0 Å². The van der Waals surface area contributed by atoms with E-state index in [0.717, 1.165) is 6.42 Å². The van der Waals surface area contributed by atoms with Gasteiger partial charge in [-0.05, 0) is 51.7 Å². The molecule has 3 heteroatoms. The van der Waals surface area contributed by atoms with Crippen molar-refractivity contribution in [1.82, 2.24) is 4.90 Å². The number of rotatable bonds is 1. The highest BCUT2D eigenvalue weighted by molar-refractivity contribution is 8.00. The predicted octanol–water partition coefficient (Wildman–Crippen LogP) is 2.67. The first-order valence-electron chi connectivity index (χ1n) is 6.14. The maximum Gasteiger partial charge on any atom is 0.236 e. The van der Waals surface area contributed by atoms with Crippen LogP contribution in [0.25, 0.3) is 0 Å². The normalized spacial score (nSPS) is 36.9. The van der Waals surface area contributed by atoms with Crippen molar-refractivity contribution in [3.63, 3.8) is 0 Å². The summed E-state index contributed by atoms with van der Waals surface area (Å²) in [5.41, 5.74) is 0. The summed E-state index contributed by atoms with van der Waals surface area (Å²) in [7, 11) is 0. The van der Waals surface area contributed by atoms with E-state index in [4.69, 9.17) is 0 Å². The Morgan fingerprint density at radius 1 is 1.13 bits per heavy atom. The molecule has 2 saturated heterocycles. The first-order chi connectivity index (χ1) is 7.20. The molecule has 3 atom stereocenters. The maximum absolute atomic E-state index is 12.3. The minimum absolute atomic E-state index is 0.271. The Bertz CT molecular complexity index is 228. The average Bonchev–Trinajstić information content (AvgIpc) is 2.69. The molecule has 0 spiro atoms. The fourth-order valence-electron chi connectivity index (χ4n) is 2.79. The smallest absolute Gasteiger partial charge is 0.236 e. The fraction of sp³-hybridized carbons (Fsp3) is 0.917. The molecule has 2 heterocycles. The van der Waals surface area contributed by atoms with Gasteiger partial charge in [-0.3, -0.25) is 4.79 Å². The van der Waals surface area contributed by atoms with Gasteiger partial charge >= 0.3 is 0 Å². The predicted molar refractivity (Wildman–Crippen MR) is 65.1 cm³/mol. The number of nitrogens with zero attached hydrogens (tertiary/aromatic N) is 1. The Balaban J connectivity index is 2.02. The van der Waals surface area contributed by atoms with Gasteiger partial charge in [-0.15, -0.1) is 11.8 Å². The lowest BCUT2D eigenvalue weighted by Gasteiger charge is -2.40. The van der Waals surface area contributed by atoms with E-state index in [1.807, 2.05) is 11.8 Å². The molecule has 3 unspecified atom stereocenters. The van der Waals surface area contributed by atoms with Crippen LogP contribution >= 0.6 is 11.8 Å². The van der Waals surface area contributed by atoms with E-state index in [9.17, 15) is 4.79 Å². The summed E-state index contributed by atoms with van der Waals surface area (Å²) in [5, 5.41) is 0.271. The molecule has 2 aliphatic heterocycles. The van der Waals surface area contributed by atoms with Crippen molar-refractivity contribution in [3.05, 3.63) is 0 Å². The number of hydrogen-bond donors (Lipinski definition) is 0. The van der Waals surface area contributed by atoms with Crippen molar-refractivity contribution in [2.75, 3.05) is 5.75 Å². The summed E-state index contributed by atoms with van der Waals surface area (Å²) in [6.45, 7) is 4.40. The molecule has 0 N–H and O–H groups in total. The van der Waals surface area contributed by atoms with Crippen LogP contribution in [-0.4, -0.2) is 33.9 Å². The molecular weight excluding hydrogens is 206 g/mol. The molecular formula is C12H21NOS. The van der Waals surface area contributed by atoms with Gasteiger partial charge in [0, 0.05) is 12.1 Å². The van der Waals surface area contributed by atoms with Crippen LogP contribution in [0.15, 0.2) is 0 Å². The first-order valence-corrected chi connectivity index (χ1v) is 7.19. The maximum atomic E-state index is 12.3. The third kappa shape index (κ3) is 2.32. The minimum atomic E-state index is 0.271. The molecule has 2 rings (SSSR count). The topological polar surface area (TPSA) is 20.3 Å². The number of amides is 1. The van der Waals surface area contributed by atoms with Gasteiger partial charge < -0.3 is 4.90 Å². The van der Waals surface area contributed by atoms with Crippen LogP contribution in [0.3, 0.4) is 0 Å². The Labute approximate surface area is 96.8 Å². The second-order valence-electron chi connectivity index (χ2n) is 4.88. The van der Waals surface area contributed by atoms with Gasteiger partial charge in [-0.1, -0.05) is 0 Å². The SMILES string of the molecule is CC1CCCC(C)N1C(=O)C1CCCS1. The minimum Gasteiger partial charge on any atom is -0.336 e. The average molecular weight is 227 g/mol. The standard InChI is InChI=1S/C12H21NOS/c1-9-5-3-6-10(2)13(9)12(14)11-7-4-8-15-11/h9-11H,3-8H2,1-2H3. The third-order valence-electron chi connectivity index (χ3n) is 3.65. The van der Waals surface area contributed by atoms with Crippen LogP contribution in [0.5, 0.6) is 0 Å². The summed E-state index contributed by atoms with van der Waals surface area (Å²) in [6, 6.07) is 0.921. The molecule has 2 nitrogen and oxygen atoms in total. The summed E-state index contributed by atoms with van der Waals surface area (Å²) < 4.78 is 0. The van der Waals surface area contributed by atoms with Gasteiger partial charge in [-0.25, -0.2) is 0 Å². The number of carbonyl (C=O) groups is 1. The third-order valence-corrected chi connectivity index (χ3v) is 5.02. The van der Waals surface area contributed by atoms with Crippen LogP contribution < -0.4 is 0 Å². The van der Waals surface area contributed by atoms with Gasteiger partial charge in [0.1, 0.15) is 0 Å². The Kier molecular flexibility index (Phi) is 3.60. The van der Waals surface area contributed by atoms with Crippen molar-refractivity contribution in [1.29, 1.82) is 0 Å². The van der Waals surface area contributed by atoms with Gasteiger partial charge in [0.15, 0.2) is 0 Å². The van der Waals surface area contributed by atoms with Crippen molar-refractivity contribution < 1.29 is 4.79 Å². The summed E-state index contributed by atoms with van der Waals surface area (Å²) in [6.07, 6.45) is 5.97. The molecule has 15 heavy (non-hydrogen) atoms. The molecule has 86 valence electrons. The number of carbonyl (C=O) groups excluding carboxylic acids is 1. The lowest BCUT2D eigenvalue weighted by molar-refractivity contribution is -0.136. The molecule has 0 aromatic rings. The van der Waals surface area contributed by atoms with E-state index >= 15 is 0 Å². The quantitative estimate of drug-likeness (QED) is 0.686. The molecule has 0 saturated carbocycles. The van der Waals surface area contributed by atoms with Gasteiger partial charge in [0.05, 0.1) is 5.25 Å². The lowest BCUT2D eigenvalue weighted by Crippen LogP contribution is -2.50. The van der Waals surface area contributed by atoms with Crippen LogP contribution in [0.4, 0.5) is 0 Å². The molecule has 0 aromatic heterocycles. The monoisotopic (exact) mass is 227 g/mol. The summed E-state index contributed by atoms with van der Waals surface area (Å²) in [5.74, 6) is 1.59. The molecule has 0 radical (unpaired) electrons. The lowest BCUT2D eigenvalue weighted by atomic mass is 9.97. The van der Waals surface area contributed by atoms with Crippen LogP contribution in [0, 0.1) is 0 Å². The van der Waals surface area contributed by atoms with Gasteiger partial charge in [0.25, 0.3) is 0 Å². The molecule has 1 amide bonds. The molecule has 2 aliphatic rings. The zero-order chi connectivity index (χ0) is 10.8. The van der Waals surface area contributed by atoms with Crippen molar-refractivity contribution >= 4 is 17.7 Å². The second-order valence-corrected chi connectivity index (χ2v) is 6.19. The van der Waals surface area contributed by atoms with Crippen LogP contribution in [0.1, 0.15) is 46.0 Å². The van der Waals surface area contributed by atoms with Crippen molar-refractivity contribution in [2.24, 2.45) is 0 Å². The Morgan fingerprint density at radius 2 is 1.80 bits per heavy atom. The van der Waals surface area contributed by atoms with E-state index in [0.29, 0.717) is 18.0 Å². The van der Waals surface area contributed by atoms with Crippen LogP contribution in [-0.2, 0) is 4.79 Å². The zero-order valence-corrected chi connectivity index (χ0v) is 10.6. The van der Waals surface area contributed by atoms with E-state index in [1.54, 1.807) is 0 Å². The van der Waals surface area contributed by atoms with E-state index in [2.05, 4.69) is 18.7 Å². The molecule has 0 aromatic carbocycles. The number of piperidine rings is 1. The summed E-state index contributed by atoms with van der Waals surface area (Å²) >= 11 is 1.86. The van der Waals surface area contributed by atoms with Crippen LogP contribution in [0.2, 0.25) is 0 Å². The number of likely N-dealkylation sites (tertiary alicyclic amines) is 1. The van der Waals surface area contributed by atoms with E-state index < -0.39 is 0 Å². The highest BCUT2D eigenvalue weighted by atomic mass is 32.2. The largest absolute Gasteiger partial charge is 0.336 e. The fourth-order valence-corrected chi connectivity index (χ4v) is 4.01. The van der Waals surface area contributed by atoms with Gasteiger partial charge in [0.2, 0.25) is 5.91 Å². The van der Waals surface area contributed by atoms with E-state index in [-0.39, 0.29) is 5.25 Å². The molecule has 2 fully saturated rings. The summed E-state index contributed by atoms with van der Waals surface area (Å²) in [4.78, 5) is 14.5. The number of hydrogen-bond acceptors (Lipinski definition) is 2. The Morgan fingerprint density at radius 3 is 2.33 bits per heavy atom. The van der Waals surface area contributed by atoms with Crippen molar-refractivity contribution in [3.8, 4) is 0 Å². The highest BCUT2D eigenvalue weighted by Gasteiger charge is 2.34. The Hall–Kier alpha value is -0.180. The zero-order valence-electron chi connectivity index (χ0n) is 9.74. The molecule has 0 aliphatic carbocycles.